The molecular formula is C14H19FO5S. The lowest BCUT2D eigenvalue weighted by molar-refractivity contribution is -0.187. The van der Waals surface area contributed by atoms with E-state index in [-0.39, 0.29) is 5.41 Å². The largest absolute Gasteiger partial charge is 0.461 e. The number of carbonyl (C=O) groups excluding carboxylic acids is 1. The van der Waals surface area contributed by atoms with Crippen LogP contribution in [0.5, 0.6) is 0 Å². The van der Waals surface area contributed by atoms with Crippen molar-refractivity contribution in [3.05, 3.63) is 0 Å². The van der Waals surface area contributed by atoms with Gasteiger partial charge in [-0.2, -0.15) is 8.42 Å². The van der Waals surface area contributed by atoms with Crippen molar-refractivity contribution < 1.29 is 26.9 Å². The predicted molar refractivity (Wildman–Crippen MR) is 70.4 cm³/mol. The molecule has 5 nitrogen and oxygen atoms in total. The minimum atomic E-state index is -4.80. The summed E-state index contributed by atoms with van der Waals surface area (Å²) in [5, 5.41) is 0. The van der Waals surface area contributed by atoms with Crippen molar-refractivity contribution in [3.8, 4) is 0 Å². The maximum absolute atomic E-state index is 13.2. The molecule has 0 aromatic carbocycles. The quantitative estimate of drug-likeness (QED) is 0.633. The van der Waals surface area contributed by atoms with Crippen molar-refractivity contribution in [1.29, 1.82) is 0 Å². The second-order valence-corrected chi connectivity index (χ2v) is 9.02. The first-order valence-corrected chi connectivity index (χ1v) is 9.05. The van der Waals surface area contributed by atoms with Gasteiger partial charge in [-0.25, -0.2) is 4.39 Å². The topological polar surface area (TPSA) is 80.7 Å². The highest BCUT2D eigenvalue weighted by Gasteiger charge is 2.77. The highest BCUT2D eigenvalue weighted by Crippen LogP contribution is 2.81. The van der Waals surface area contributed by atoms with Gasteiger partial charge in [0.2, 0.25) is 0 Å². The standard InChI is InChI=1S/C14H19FO5S/c15-11(21(17,18)19)7-20-12(16)14-5-9-1-8-2-10(6-14)13(14,3-8)4-9/h8-11H,1-7H2,(H,17,18,19). The summed E-state index contributed by atoms with van der Waals surface area (Å²) in [5.74, 6) is 1.42. The molecule has 1 spiro atoms. The van der Waals surface area contributed by atoms with E-state index in [0.29, 0.717) is 11.8 Å². The normalized spacial score (nSPS) is 47.8. The monoisotopic (exact) mass is 318 g/mol. The van der Waals surface area contributed by atoms with Crippen LogP contribution < -0.4 is 0 Å². The summed E-state index contributed by atoms with van der Waals surface area (Å²) in [7, 11) is -4.80. The summed E-state index contributed by atoms with van der Waals surface area (Å²) in [6.45, 7) is -0.908. The van der Waals surface area contributed by atoms with Gasteiger partial charge < -0.3 is 4.74 Å². The van der Waals surface area contributed by atoms with Crippen LogP contribution in [0.25, 0.3) is 0 Å². The number of fused-ring (bicyclic) bond motifs is 2. The van der Waals surface area contributed by atoms with E-state index in [2.05, 4.69) is 0 Å². The average molecular weight is 318 g/mol. The van der Waals surface area contributed by atoms with Crippen LogP contribution in [0, 0.1) is 28.6 Å². The number of halogens is 1. The molecule has 7 heteroatoms. The molecule has 0 aliphatic heterocycles. The lowest BCUT2D eigenvalue weighted by atomic mass is 9.46. The molecule has 0 heterocycles. The summed E-state index contributed by atoms with van der Waals surface area (Å²) in [4.78, 5) is 12.5. The summed E-state index contributed by atoms with van der Waals surface area (Å²) >= 11 is 0. The van der Waals surface area contributed by atoms with Crippen molar-refractivity contribution in [2.24, 2.45) is 28.6 Å². The van der Waals surface area contributed by atoms with Gasteiger partial charge in [0.25, 0.3) is 5.50 Å². The van der Waals surface area contributed by atoms with E-state index < -0.39 is 33.6 Å². The zero-order chi connectivity index (χ0) is 15.0. The molecule has 6 unspecified atom stereocenters. The fourth-order valence-corrected chi connectivity index (χ4v) is 6.36. The zero-order valence-corrected chi connectivity index (χ0v) is 12.4. The van der Waals surface area contributed by atoms with Crippen molar-refractivity contribution in [2.75, 3.05) is 6.61 Å². The van der Waals surface area contributed by atoms with Crippen LogP contribution in [0.1, 0.15) is 38.5 Å². The van der Waals surface area contributed by atoms with Gasteiger partial charge in [-0.3, -0.25) is 9.35 Å². The molecule has 4 fully saturated rings. The number of alkyl halides is 1. The number of hydrogen-bond acceptors (Lipinski definition) is 4. The van der Waals surface area contributed by atoms with Crippen LogP contribution in [0.3, 0.4) is 0 Å². The van der Waals surface area contributed by atoms with Crippen LogP contribution in [0.4, 0.5) is 4.39 Å². The van der Waals surface area contributed by atoms with E-state index in [1.54, 1.807) is 0 Å². The molecule has 0 aromatic rings. The van der Waals surface area contributed by atoms with Crippen molar-refractivity contribution >= 4 is 16.1 Å². The molecule has 118 valence electrons. The van der Waals surface area contributed by atoms with E-state index in [1.165, 1.54) is 12.8 Å². The van der Waals surface area contributed by atoms with Gasteiger partial charge in [0.15, 0.2) is 0 Å². The van der Waals surface area contributed by atoms with Gasteiger partial charge >= 0.3 is 16.1 Å². The maximum atomic E-state index is 13.2. The molecule has 0 amide bonds. The van der Waals surface area contributed by atoms with Crippen LogP contribution in [-0.2, 0) is 19.6 Å². The lowest BCUT2D eigenvalue weighted by Gasteiger charge is -2.56. The number of ether oxygens (including phenoxy) is 1. The molecular weight excluding hydrogens is 299 g/mol. The molecule has 4 saturated carbocycles. The van der Waals surface area contributed by atoms with Crippen molar-refractivity contribution in [2.45, 2.75) is 44.0 Å². The highest BCUT2D eigenvalue weighted by atomic mass is 32.2. The first-order chi connectivity index (χ1) is 9.77. The fourth-order valence-electron chi connectivity index (χ4n) is 6.12. The van der Waals surface area contributed by atoms with Crippen LogP contribution in [-0.4, -0.2) is 31.1 Å². The van der Waals surface area contributed by atoms with Crippen LogP contribution >= 0.6 is 0 Å². The van der Waals surface area contributed by atoms with E-state index in [4.69, 9.17) is 9.29 Å². The first-order valence-electron chi connectivity index (χ1n) is 7.54. The Labute approximate surface area is 123 Å². The Kier molecular flexibility index (Phi) is 2.64. The molecule has 21 heavy (non-hydrogen) atoms. The smallest absolute Gasteiger partial charge is 0.312 e. The summed E-state index contributed by atoms with van der Waals surface area (Å²) < 4.78 is 48.1. The summed E-state index contributed by atoms with van der Waals surface area (Å²) in [6.07, 6.45) is 6.14. The summed E-state index contributed by atoms with van der Waals surface area (Å²) in [6, 6.07) is 0. The molecule has 1 N–H and O–H groups in total. The Morgan fingerprint density at radius 2 is 1.95 bits per heavy atom. The molecule has 0 aromatic heterocycles. The Morgan fingerprint density at radius 1 is 1.24 bits per heavy atom. The predicted octanol–water partition coefficient (Wildman–Crippen LogP) is 1.93. The lowest BCUT2D eigenvalue weighted by Crippen LogP contribution is -2.57. The first kappa shape index (κ1) is 13.9. The van der Waals surface area contributed by atoms with E-state index in [1.807, 2.05) is 0 Å². The van der Waals surface area contributed by atoms with Gasteiger partial charge in [0.1, 0.15) is 6.61 Å². The number of carbonyl (C=O) groups is 1. The Balaban J connectivity index is 1.51. The fraction of sp³-hybridized carbons (Fsp3) is 0.929. The molecule has 4 rings (SSSR count). The van der Waals surface area contributed by atoms with Gasteiger partial charge in [-0.15, -0.1) is 0 Å². The SMILES string of the molecule is O=C(OCC(F)S(=O)(=O)O)C12CC3CC4CC(C1)C2(C4)C3. The molecule has 0 radical (unpaired) electrons. The third kappa shape index (κ3) is 1.64. The third-order valence-electron chi connectivity index (χ3n) is 6.62. The molecule has 3 bridgehead atoms. The molecule has 4 aliphatic carbocycles. The third-order valence-corrected chi connectivity index (χ3v) is 7.40. The van der Waals surface area contributed by atoms with Crippen molar-refractivity contribution in [3.63, 3.8) is 0 Å². The van der Waals surface area contributed by atoms with E-state index in [9.17, 15) is 17.6 Å². The molecule has 4 aliphatic rings. The minimum absolute atomic E-state index is 0.0432. The highest BCUT2D eigenvalue weighted by molar-refractivity contribution is 7.86. The van der Waals surface area contributed by atoms with Gasteiger partial charge in [0, 0.05) is 0 Å². The van der Waals surface area contributed by atoms with E-state index in [0.717, 1.165) is 31.6 Å². The Morgan fingerprint density at radius 3 is 2.67 bits per heavy atom. The number of hydrogen-bond donors (Lipinski definition) is 1. The van der Waals surface area contributed by atoms with Gasteiger partial charge in [0.05, 0.1) is 5.41 Å². The minimum Gasteiger partial charge on any atom is -0.461 e. The Hall–Kier alpha value is -0.690. The molecule has 6 atom stereocenters. The number of esters is 1. The van der Waals surface area contributed by atoms with Crippen molar-refractivity contribution in [1.82, 2.24) is 0 Å². The average Bonchev–Trinajstić information content (AvgIpc) is 2.70. The van der Waals surface area contributed by atoms with Gasteiger partial charge in [-0.1, -0.05) is 0 Å². The van der Waals surface area contributed by atoms with Crippen LogP contribution in [0.2, 0.25) is 0 Å². The zero-order valence-electron chi connectivity index (χ0n) is 11.6. The summed E-state index contributed by atoms with van der Waals surface area (Å²) in [5.41, 5.74) is -3.02. The number of rotatable bonds is 4. The van der Waals surface area contributed by atoms with E-state index >= 15 is 0 Å². The Bertz CT molecular complexity index is 598. The molecule has 0 saturated heterocycles. The second-order valence-electron chi connectivity index (χ2n) is 7.48. The van der Waals surface area contributed by atoms with Gasteiger partial charge in [-0.05, 0) is 61.7 Å². The maximum Gasteiger partial charge on any atom is 0.312 e. The second kappa shape index (κ2) is 3.98. The van der Waals surface area contributed by atoms with Crippen LogP contribution in [0.15, 0.2) is 0 Å².